The van der Waals surface area contributed by atoms with Gasteiger partial charge < -0.3 is 20.1 Å². The van der Waals surface area contributed by atoms with Crippen LogP contribution in [0.1, 0.15) is 81.1 Å². The zero-order valence-corrected chi connectivity index (χ0v) is 19.2. The van der Waals surface area contributed by atoms with Gasteiger partial charge in [-0.05, 0) is 52.4 Å². The molecule has 0 fully saturated rings. The first-order valence-corrected chi connectivity index (χ1v) is 10.7. The van der Waals surface area contributed by atoms with Crippen LogP contribution in [-0.2, 0) is 14.3 Å². The summed E-state index contributed by atoms with van der Waals surface area (Å²) in [7, 11) is 0. The molecule has 0 aromatic rings. The van der Waals surface area contributed by atoms with E-state index in [-0.39, 0.29) is 11.4 Å². The van der Waals surface area contributed by atoms with Gasteiger partial charge in [-0.15, -0.1) is 0 Å². The van der Waals surface area contributed by atoms with Gasteiger partial charge in [-0.3, -0.25) is 4.79 Å². The molecule has 0 aromatic carbocycles. The summed E-state index contributed by atoms with van der Waals surface area (Å²) in [5, 5.41) is 6.59. The molecule has 0 aliphatic heterocycles. The predicted molar refractivity (Wildman–Crippen MR) is 114 cm³/mol. The predicted octanol–water partition coefficient (Wildman–Crippen LogP) is 4.16. The minimum absolute atomic E-state index is 0.0657. The van der Waals surface area contributed by atoms with Crippen LogP contribution < -0.4 is 10.6 Å². The summed E-state index contributed by atoms with van der Waals surface area (Å²) in [6, 6.07) is 0.510. The number of carbonyl (C=O) groups is 1. The number of amides is 1. The van der Waals surface area contributed by atoms with Crippen molar-refractivity contribution in [3.05, 3.63) is 0 Å². The SMILES string of the molecule is CCC(C)NC(C)(C)CCOCCNC(=O)C(C)(C)CCOCCC(C)C. The first-order chi connectivity index (χ1) is 12.5. The average molecular weight is 387 g/mol. The second kappa shape index (κ2) is 13.5. The number of rotatable bonds is 16. The van der Waals surface area contributed by atoms with Gasteiger partial charge in [0.1, 0.15) is 0 Å². The van der Waals surface area contributed by atoms with Crippen molar-refractivity contribution in [1.82, 2.24) is 10.6 Å². The summed E-state index contributed by atoms with van der Waals surface area (Å²) >= 11 is 0. The second-order valence-electron chi connectivity index (χ2n) is 9.38. The lowest BCUT2D eigenvalue weighted by Gasteiger charge is -2.30. The highest BCUT2D eigenvalue weighted by atomic mass is 16.5. The molecule has 0 saturated heterocycles. The third-order valence-corrected chi connectivity index (χ3v) is 4.98. The molecule has 0 aliphatic rings. The lowest BCUT2D eigenvalue weighted by atomic mass is 9.88. The van der Waals surface area contributed by atoms with Crippen molar-refractivity contribution >= 4 is 5.91 Å². The summed E-state index contributed by atoms with van der Waals surface area (Å²) in [4.78, 5) is 12.4. The lowest BCUT2D eigenvalue weighted by molar-refractivity contribution is -0.130. The Bertz CT molecular complexity index is 395. The Hall–Kier alpha value is -0.650. The van der Waals surface area contributed by atoms with E-state index in [4.69, 9.17) is 9.47 Å². The van der Waals surface area contributed by atoms with Gasteiger partial charge in [-0.2, -0.15) is 0 Å². The Kier molecular flexibility index (Phi) is 13.2. The third kappa shape index (κ3) is 14.1. The van der Waals surface area contributed by atoms with Gasteiger partial charge in [0.05, 0.1) is 6.61 Å². The molecular weight excluding hydrogens is 340 g/mol. The van der Waals surface area contributed by atoms with E-state index in [0.717, 1.165) is 32.3 Å². The maximum absolute atomic E-state index is 12.4. The van der Waals surface area contributed by atoms with E-state index in [1.54, 1.807) is 0 Å². The van der Waals surface area contributed by atoms with E-state index < -0.39 is 5.41 Å². The topological polar surface area (TPSA) is 59.6 Å². The standard InChI is InChI=1S/C22H46N2O3/c1-9-19(4)24-22(7,8)12-16-27-17-13-23-20(25)21(5,6)11-15-26-14-10-18(2)3/h18-19,24H,9-17H2,1-8H3,(H,23,25). The van der Waals surface area contributed by atoms with E-state index in [1.165, 1.54) is 0 Å². The molecule has 0 aromatic heterocycles. The first-order valence-electron chi connectivity index (χ1n) is 10.7. The van der Waals surface area contributed by atoms with E-state index in [2.05, 4.69) is 52.2 Å². The van der Waals surface area contributed by atoms with Gasteiger partial charge in [-0.25, -0.2) is 0 Å². The third-order valence-electron chi connectivity index (χ3n) is 4.98. The number of hydrogen-bond acceptors (Lipinski definition) is 4. The molecular formula is C22H46N2O3. The molecule has 0 spiro atoms. The summed E-state index contributed by atoms with van der Waals surface area (Å²) in [5.41, 5.74) is -0.351. The van der Waals surface area contributed by atoms with Gasteiger partial charge in [0.15, 0.2) is 0 Å². The highest BCUT2D eigenvalue weighted by Crippen LogP contribution is 2.20. The molecule has 5 heteroatoms. The molecule has 5 nitrogen and oxygen atoms in total. The zero-order valence-electron chi connectivity index (χ0n) is 19.2. The number of carbonyl (C=O) groups excluding carboxylic acids is 1. The number of hydrogen-bond donors (Lipinski definition) is 2. The Morgan fingerprint density at radius 2 is 1.52 bits per heavy atom. The smallest absolute Gasteiger partial charge is 0.225 e. The van der Waals surface area contributed by atoms with E-state index in [9.17, 15) is 4.79 Å². The molecule has 1 atom stereocenters. The van der Waals surface area contributed by atoms with Crippen LogP contribution in [0, 0.1) is 11.3 Å². The van der Waals surface area contributed by atoms with Crippen LogP contribution in [0.15, 0.2) is 0 Å². The van der Waals surface area contributed by atoms with Gasteiger partial charge in [0, 0.05) is 43.4 Å². The molecule has 0 bridgehead atoms. The number of nitrogens with one attached hydrogen (secondary N) is 2. The molecule has 2 N–H and O–H groups in total. The van der Waals surface area contributed by atoms with E-state index in [1.807, 2.05) is 13.8 Å². The highest BCUT2D eigenvalue weighted by Gasteiger charge is 2.27. The number of ether oxygens (including phenoxy) is 2. The van der Waals surface area contributed by atoms with Crippen LogP contribution in [0.25, 0.3) is 0 Å². The van der Waals surface area contributed by atoms with Gasteiger partial charge in [0.25, 0.3) is 0 Å². The fourth-order valence-electron chi connectivity index (χ4n) is 2.61. The molecule has 162 valence electrons. The first kappa shape index (κ1) is 26.4. The highest BCUT2D eigenvalue weighted by molar-refractivity contribution is 5.81. The van der Waals surface area contributed by atoms with Crippen molar-refractivity contribution in [3.8, 4) is 0 Å². The average Bonchev–Trinajstić information content (AvgIpc) is 2.56. The summed E-state index contributed by atoms with van der Waals surface area (Å²) in [6.45, 7) is 20.3. The molecule has 0 saturated carbocycles. The van der Waals surface area contributed by atoms with Crippen LogP contribution in [0.5, 0.6) is 0 Å². The molecule has 0 radical (unpaired) electrons. The lowest BCUT2D eigenvalue weighted by Crippen LogP contribution is -2.45. The van der Waals surface area contributed by atoms with Gasteiger partial charge >= 0.3 is 0 Å². The molecule has 1 amide bonds. The van der Waals surface area contributed by atoms with Crippen molar-refractivity contribution in [1.29, 1.82) is 0 Å². The summed E-state index contributed by atoms with van der Waals surface area (Å²) in [5.74, 6) is 0.718. The van der Waals surface area contributed by atoms with Crippen molar-refractivity contribution in [2.45, 2.75) is 92.7 Å². The van der Waals surface area contributed by atoms with Crippen molar-refractivity contribution in [2.24, 2.45) is 11.3 Å². The maximum atomic E-state index is 12.4. The minimum Gasteiger partial charge on any atom is -0.381 e. The normalized spacial score (nSPS) is 13.8. The van der Waals surface area contributed by atoms with Crippen molar-refractivity contribution in [3.63, 3.8) is 0 Å². The van der Waals surface area contributed by atoms with Crippen molar-refractivity contribution in [2.75, 3.05) is 33.0 Å². The Balaban J connectivity index is 3.85. The Labute approximate surface area is 168 Å². The largest absolute Gasteiger partial charge is 0.381 e. The zero-order chi connectivity index (χ0) is 20.9. The van der Waals surface area contributed by atoms with Gasteiger partial charge in [-0.1, -0.05) is 34.6 Å². The molecule has 0 heterocycles. The molecule has 0 rings (SSSR count). The summed E-state index contributed by atoms with van der Waals surface area (Å²) in [6.07, 6.45) is 3.86. The quantitative estimate of drug-likeness (QED) is 0.391. The molecule has 1 unspecified atom stereocenters. The maximum Gasteiger partial charge on any atom is 0.225 e. The molecule has 27 heavy (non-hydrogen) atoms. The van der Waals surface area contributed by atoms with Crippen LogP contribution in [-0.4, -0.2) is 50.5 Å². The Morgan fingerprint density at radius 1 is 0.926 bits per heavy atom. The van der Waals surface area contributed by atoms with Crippen LogP contribution in [0.2, 0.25) is 0 Å². The monoisotopic (exact) mass is 386 g/mol. The van der Waals surface area contributed by atoms with Crippen LogP contribution in [0.4, 0.5) is 0 Å². The van der Waals surface area contributed by atoms with E-state index in [0.29, 0.717) is 38.3 Å². The molecule has 0 aliphatic carbocycles. The fraction of sp³-hybridized carbons (Fsp3) is 0.955. The fourth-order valence-corrected chi connectivity index (χ4v) is 2.61. The van der Waals surface area contributed by atoms with Crippen LogP contribution >= 0.6 is 0 Å². The van der Waals surface area contributed by atoms with Gasteiger partial charge in [0.2, 0.25) is 5.91 Å². The second-order valence-corrected chi connectivity index (χ2v) is 9.38. The Morgan fingerprint density at radius 3 is 2.11 bits per heavy atom. The van der Waals surface area contributed by atoms with E-state index >= 15 is 0 Å². The van der Waals surface area contributed by atoms with Crippen LogP contribution in [0.3, 0.4) is 0 Å². The summed E-state index contributed by atoms with van der Waals surface area (Å²) < 4.78 is 11.3. The van der Waals surface area contributed by atoms with Crippen molar-refractivity contribution < 1.29 is 14.3 Å². The minimum atomic E-state index is -0.417.